The number of carbonyl (C=O) groups is 1. The molecule has 0 saturated carbocycles. The van der Waals surface area contributed by atoms with Gasteiger partial charge in [0.05, 0.1) is 10.6 Å². The zero-order valence-electron chi connectivity index (χ0n) is 9.31. The van der Waals surface area contributed by atoms with Gasteiger partial charge in [0.2, 0.25) is 5.71 Å². The number of aliphatic carboxylic acids is 1. The normalized spacial score (nSPS) is 11.2. The van der Waals surface area contributed by atoms with Gasteiger partial charge in [-0.15, -0.1) is 11.3 Å². The van der Waals surface area contributed by atoms with Crippen LogP contribution in [0.25, 0.3) is 0 Å². The SMILES string of the molecule is O=C(O)/C(=N\OCc1ccccn1)c1cccs1. The van der Waals surface area contributed by atoms with Crippen molar-refractivity contribution in [3.63, 3.8) is 0 Å². The number of nitrogens with zero attached hydrogens (tertiary/aromatic N) is 2. The summed E-state index contributed by atoms with van der Waals surface area (Å²) in [6.07, 6.45) is 1.64. The Kier molecular flexibility index (Phi) is 4.03. The van der Waals surface area contributed by atoms with Crippen LogP contribution in [-0.2, 0) is 16.2 Å². The first-order valence-electron chi connectivity index (χ1n) is 5.14. The van der Waals surface area contributed by atoms with Crippen molar-refractivity contribution in [3.8, 4) is 0 Å². The molecule has 6 heteroatoms. The zero-order valence-corrected chi connectivity index (χ0v) is 10.1. The first kappa shape index (κ1) is 12.3. The molecule has 0 aliphatic carbocycles. The maximum atomic E-state index is 11.0. The lowest BCUT2D eigenvalue weighted by atomic mass is 10.3. The van der Waals surface area contributed by atoms with E-state index in [1.165, 1.54) is 11.3 Å². The summed E-state index contributed by atoms with van der Waals surface area (Å²) in [5.74, 6) is -1.11. The van der Waals surface area contributed by atoms with E-state index in [9.17, 15) is 4.79 Å². The van der Waals surface area contributed by atoms with Gasteiger partial charge in [0.15, 0.2) is 6.61 Å². The highest BCUT2D eigenvalue weighted by molar-refractivity contribution is 7.13. The van der Waals surface area contributed by atoms with Crippen LogP contribution < -0.4 is 0 Å². The Labute approximate surface area is 107 Å². The van der Waals surface area contributed by atoms with E-state index in [0.29, 0.717) is 10.6 Å². The first-order chi connectivity index (χ1) is 8.77. The van der Waals surface area contributed by atoms with Crippen LogP contribution in [0.3, 0.4) is 0 Å². The third-order valence-electron chi connectivity index (χ3n) is 2.05. The van der Waals surface area contributed by atoms with Crippen molar-refractivity contribution >= 4 is 23.0 Å². The molecule has 0 aromatic carbocycles. The predicted molar refractivity (Wildman–Crippen MR) is 67.5 cm³/mol. The summed E-state index contributed by atoms with van der Waals surface area (Å²) < 4.78 is 0. The quantitative estimate of drug-likeness (QED) is 0.662. The number of carboxylic acid groups (broad SMARTS) is 1. The van der Waals surface area contributed by atoms with Crippen LogP contribution in [-0.4, -0.2) is 21.8 Å². The molecule has 1 N–H and O–H groups in total. The largest absolute Gasteiger partial charge is 0.476 e. The summed E-state index contributed by atoms with van der Waals surface area (Å²) in [5, 5.41) is 14.5. The molecule has 0 unspecified atom stereocenters. The van der Waals surface area contributed by atoms with Crippen molar-refractivity contribution in [2.75, 3.05) is 0 Å². The number of carboxylic acids is 1. The van der Waals surface area contributed by atoms with Crippen LogP contribution >= 0.6 is 11.3 Å². The van der Waals surface area contributed by atoms with E-state index in [1.807, 2.05) is 6.07 Å². The Morgan fingerprint density at radius 3 is 2.89 bits per heavy atom. The number of thiophene rings is 1. The van der Waals surface area contributed by atoms with Crippen LogP contribution in [0, 0.1) is 0 Å². The topological polar surface area (TPSA) is 71.8 Å². The molecule has 0 spiro atoms. The smallest absolute Gasteiger partial charge is 0.359 e. The average molecular weight is 262 g/mol. The molecular weight excluding hydrogens is 252 g/mol. The Bertz CT molecular complexity index is 538. The first-order valence-corrected chi connectivity index (χ1v) is 6.02. The Morgan fingerprint density at radius 2 is 2.28 bits per heavy atom. The van der Waals surface area contributed by atoms with E-state index < -0.39 is 5.97 Å². The third-order valence-corrected chi connectivity index (χ3v) is 2.93. The van der Waals surface area contributed by atoms with E-state index >= 15 is 0 Å². The van der Waals surface area contributed by atoms with Crippen molar-refractivity contribution in [1.82, 2.24) is 4.98 Å². The Morgan fingerprint density at radius 1 is 1.39 bits per heavy atom. The molecule has 2 heterocycles. The molecule has 92 valence electrons. The zero-order chi connectivity index (χ0) is 12.8. The van der Waals surface area contributed by atoms with Crippen LogP contribution in [0.5, 0.6) is 0 Å². The Hall–Kier alpha value is -2.21. The second-order valence-corrected chi connectivity index (χ2v) is 4.26. The monoisotopic (exact) mass is 262 g/mol. The fourth-order valence-corrected chi connectivity index (χ4v) is 1.95. The summed E-state index contributed by atoms with van der Waals surface area (Å²) in [4.78, 5) is 20.6. The van der Waals surface area contributed by atoms with Crippen molar-refractivity contribution in [3.05, 3.63) is 52.5 Å². The van der Waals surface area contributed by atoms with Gasteiger partial charge in [0.1, 0.15) is 0 Å². The number of hydrogen-bond acceptors (Lipinski definition) is 5. The molecule has 2 rings (SSSR count). The Balaban J connectivity index is 2.04. The minimum absolute atomic E-state index is 0.0964. The van der Waals surface area contributed by atoms with Crippen molar-refractivity contribution < 1.29 is 14.7 Å². The van der Waals surface area contributed by atoms with Gasteiger partial charge in [-0.1, -0.05) is 17.3 Å². The second-order valence-electron chi connectivity index (χ2n) is 3.32. The van der Waals surface area contributed by atoms with Crippen LogP contribution in [0.2, 0.25) is 0 Å². The van der Waals surface area contributed by atoms with Crippen molar-refractivity contribution in [1.29, 1.82) is 0 Å². The summed E-state index contributed by atoms with van der Waals surface area (Å²) in [5.41, 5.74) is 0.595. The maximum absolute atomic E-state index is 11.0. The molecule has 0 aliphatic heterocycles. The lowest BCUT2D eigenvalue weighted by Gasteiger charge is -2.00. The highest BCUT2D eigenvalue weighted by Crippen LogP contribution is 2.11. The number of aromatic nitrogens is 1. The van der Waals surface area contributed by atoms with Gasteiger partial charge in [-0.2, -0.15) is 0 Å². The highest BCUT2D eigenvalue weighted by Gasteiger charge is 2.14. The van der Waals surface area contributed by atoms with E-state index in [1.54, 1.807) is 35.8 Å². The molecule has 0 radical (unpaired) electrons. The van der Waals surface area contributed by atoms with Crippen LogP contribution in [0.15, 0.2) is 47.1 Å². The fraction of sp³-hybridized carbons (Fsp3) is 0.0833. The number of rotatable bonds is 5. The molecule has 0 saturated heterocycles. The standard InChI is InChI=1S/C12H10N2O3S/c15-12(16)11(10-5-3-7-18-10)14-17-8-9-4-1-2-6-13-9/h1-7H,8H2,(H,15,16)/b14-11-. The molecule has 0 atom stereocenters. The molecule has 2 aromatic rings. The lowest BCUT2D eigenvalue weighted by Crippen LogP contribution is -2.13. The van der Waals surface area contributed by atoms with Gasteiger partial charge >= 0.3 is 5.97 Å². The van der Waals surface area contributed by atoms with Crippen molar-refractivity contribution in [2.24, 2.45) is 5.16 Å². The van der Waals surface area contributed by atoms with E-state index in [2.05, 4.69) is 10.1 Å². The van der Waals surface area contributed by atoms with E-state index in [4.69, 9.17) is 9.94 Å². The molecule has 0 aliphatic rings. The molecule has 0 amide bonds. The highest BCUT2D eigenvalue weighted by atomic mass is 32.1. The second kappa shape index (κ2) is 5.92. The summed E-state index contributed by atoms with van der Waals surface area (Å²) in [6, 6.07) is 8.84. The molecular formula is C12H10N2O3S. The summed E-state index contributed by atoms with van der Waals surface area (Å²) in [6.45, 7) is 0.142. The average Bonchev–Trinajstić information content (AvgIpc) is 2.89. The van der Waals surface area contributed by atoms with Gasteiger partial charge in [-0.25, -0.2) is 4.79 Å². The minimum Gasteiger partial charge on any atom is -0.476 e. The summed E-state index contributed by atoms with van der Waals surface area (Å²) >= 11 is 1.30. The van der Waals surface area contributed by atoms with Crippen LogP contribution in [0.4, 0.5) is 0 Å². The van der Waals surface area contributed by atoms with E-state index in [0.717, 1.165) is 0 Å². The van der Waals surface area contributed by atoms with Gasteiger partial charge in [-0.3, -0.25) is 4.98 Å². The maximum Gasteiger partial charge on any atom is 0.359 e. The van der Waals surface area contributed by atoms with Gasteiger partial charge < -0.3 is 9.94 Å². The fourth-order valence-electron chi connectivity index (χ4n) is 1.25. The predicted octanol–water partition coefficient (Wildman–Crippen LogP) is 2.15. The molecule has 2 aromatic heterocycles. The van der Waals surface area contributed by atoms with Gasteiger partial charge in [-0.05, 0) is 23.6 Å². The lowest BCUT2D eigenvalue weighted by molar-refractivity contribution is -0.129. The number of hydrogen-bond donors (Lipinski definition) is 1. The van der Waals surface area contributed by atoms with E-state index in [-0.39, 0.29) is 12.3 Å². The molecule has 0 bridgehead atoms. The van der Waals surface area contributed by atoms with Crippen molar-refractivity contribution in [2.45, 2.75) is 6.61 Å². The third kappa shape index (κ3) is 3.14. The molecule has 18 heavy (non-hydrogen) atoms. The van der Waals surface area contributed by atoms with Gasteiger partial charge in [0.25, 0.3) is 0 Å². The minimum atomic E-state index is -1.11. The molecule has 0 fully saturated rings. The molecule has 5 nitrogen and oxygen atoms in total. The summed E-state index contributed by atoms with van der Waals surface area (Å²) in [7, 11) is 0. The number of pyridine rings is 1. The van der Waals surface area contributed by atoms with Gasteiger partial charge in [0, 0.05) is 6.20 Å². The number of oxime groups is 1. The van der Waals surface area contributed by atoms with Crippen LogP contribution in [0.1, 0.15) is 10.6 Å².